The predicted octanol–water partition coefficient (Wildman–Crippen LogP) is 1.46. The largest absolute Gasteiger partial charge is 0.357 e. The summed E-state index contributed by atoms with van der Waals surface area (Å²) in [5, 5.41) is 6.08. The van der Waals surface area contributed by atoms with E-state index in [0.717, 1.165) is 18.3 Å². The maximum atomic E-state index is 4.84. The Morgan fingerprint density at radius 3 is 2.37 bits per heavy atom. The number of nitrogens with zero attached hydrogens (tertiary/aromatic N) is 5. The third kappa shape index (κ3) is 4.26. The molecular formula is C12H25N5S2. The van der Waals surface area contributed by atoms with Crippen LogP contribution in [0.15, 0.2) is 4.99 Å². The average molecular weight is 304 g/mol. The minimum absolute atomic E-state index is 0.237. The first-order valence-corrected chi connectivity index (χ1v) is 9.04. The lowest BCUT2D eigenvalue weighted by atomic mass is 10.4. The second-order valence-electron chi connectivity index (χ2n) is 5.44. The Morgan fingerprint density at radius 2 is 1.84 bits per heavy atom. The second kappa shape index (κ2) is 7.17. The summed E-state index contributed by atoms with van der Waals surface area (Å²) in [5.74, 6) is 0. The molecule has 2 rings (SSSR count). The molecule has 0 aromatic rings. The molecule has 2 aliphatic rings. The number of hydrogen-bond acceptors (Lipinski definition) is 7. The lowest BCUT2D eigenvalue weighted by Gasteiger charge is -2.34. The number of amidine groups is 1. The Kier molecular flexibility index (Phi) is 5.83. The topological polar surface area (TPSA) is 25.3 Å². The van der Waals surface area contributed by atoms with Gasteiger partial charge in [0.1, 0.15) is 0 Å². The van der Waals surface area contributed by atoms with Gasteiger partial charge in [0.05, 0.1) is 0 Å². The second-order valence-corrected chi connectivity index (χ2v) is 7.66. The van der Waals surface area contributed by atoms with E-state index in [-0.39, 0.29) is 5.50 Å². The molecule has 7 heteroatoms. The molecule has 110 valence electrons. The Labute approximate surface area is 124 Å². The Hall–Kier alpha value is 0.0500. The normalized spacial score (nSPS) is 24.5. The molecule has 2 heterocycles. The van der Waals surface area contributed by atoms with E-state index in [1.807, 2.05) is 10.8 Å². The van der Waals surface area contributed by atoms with Gasteiger partial charge in [0.25, 0.3) is 0 Å². The minimum atomic E-state index is 0.237. The van der Waals surface area contributed by atoms with Crippen LogP contribution in [-0.2, 0) is 0 Å². The zero-order valence-corrected chi connectivity index (χ0v) is 14.0. The first-order chi connectivity index (χ1) is 9.08. The molecular weight excluding hydrogens is 278 g/mol. The van der Waals surface area contributed by atoms with Gasteiger partial charge < -0.3 is 9.80 Å². The van der Waals surface area contributed by atoms with Crippen LogP contribution >= 0.6 is 21.6 Å². The molecule has 0 N–H and O–H groups in total. The van der Waals surface area contributed by atoms with Crippen molar-refractivity contribution in [2.75, 3.05) is 54.4 Å². The van der Waals surface area contributed by atoms with Crippen LogP contribution in [0.25, 0.3) is 0 Å². The molecule has 2 aliphatic heterocycles. The molecule has 1 saturated heterocycles. The van der Waals surface area contributed by atoms with E-state index in [0.29, 0.717) is 0 Å². The van der Waals surface area contributed by atoms with Gasteiger partial charge in [-0.25, -0.2) is 15.0 Å². The molecule has 0 saturated carbocycles. The average Bonchev–Trinajstić information content (AvgIpc) is 2.98. The summed E-state index contributed by atoms with van der Waals surface area (Å²) < 4.78 is 0. The maximum Gasteiger partial charge on any atom is 0.175 e. The van der Waals surface area contributed by atoms with Gasteiger partial charge in [0.2, 0.25) is 0 Å². The van der Waals surface area contributed by atoms with E-state index < -0.39 is 0 Å². The SMILES string of the molecule is CN(C)CCN(C1N=C(N(C)C)SS1)N1CCCC1. The van der Waals surface area contributed by atoms with Gasteiger partial charge in [-0.1, -0.05) is 0 Å². The van der Waals surface area contributed by atoms with Crippen molar-refractivity contribution in [1.82, 2.24) is 19.8 Å². The minimum Gasteiger partial charge on any atom is -0.357 e. The highest BCUT2D eigenvalue weighted by molar-refractivity contribution is 8.82. The summed E-state index contributed by atoms with van der Waals surface area (Å²) in [6, 6.07) is 0. The fourth-order valence-electron chi connectivity index (χ4n) is 2.18. The number of hydrazine groups is 1. The quantitative estimate of drug-likeness (QED) is 0.713. The molecule has 1 fully saturated rings. The van der Waals surface area contributed by atoms with E-state index in [9.17, 15) is 0 Å². The van der Waals surface area contributed by atoms with E-state index >= 15 is 0 Å². The molecule has 5 nitrogen and oxygen atoms in total. The third-order valence-corrected chi connectivity index (χ3v) is 5.78. The van der Waals surface area contributed by atoms with Crippen LogP contribution in [0.3, 0.4) is 0 Å². The number of aliphatic imine (C=N–C) groups is 1. The molecule has 0 aromatic heterocycles. The highest BCUT2D eigenvalue weighted by Gasteiger charge is 2.31. The molecule has 1 atom stereocenters. The van der Waals surface area contributed by atoms with Crippen LogP contribution in [0.5, 0.6) is 0 Å². The smallest absolute Gasteiger partial charge is 0.175 e. The number of likely N-dealkylation sites (N-methyl/N-ethyl adjacent to an activating group) is 1. The van der Waals surface area contributed by atoms with Gasteiger partial charge in [0, 0.05) is 40.3 Å². The monoisotopic (exact) mass is 303 g/mol. The van der Waals surface area contributed by atoms with Crippen molar-refractivity contribution in [3.63, 3.8) is 0 Å². The van der Waals surface area contributed by atoms with Gasteiger partial charge in [-0.2, -0.15) is 0 Å². The molecule has 0 radical (unpaired) electrons. The van der Waals surface area contributed by atoms with Crippen molar-refractivity contribution in [1.29, 1.82) is 0 Å². The van der Waals surface area contributed by atoms with E-state index in [2.05, 4.69) is 48.0 Å². The first kappa shape index (κ1) is 15.4. The summed E-state index contributed by atoms with van der Waals surface area (Å²) in [5.41, 5.74) is 0.237. The molecule has 0 aromatic carbocycles. The number of rotatable bonds is 5. The molecule has 19 heavy (non-hydrogen) atoms. The van der Waals surface area contributed by atoms with Crippen molar-refractivity contribution in [3.8, 4) is 0 Å². The van der Waals surface area contributed by atoms with Crippen molar-refractivity contribution in [2.24, 2.45) is 4.99 Å². The van der Waals surface area contributed by atoms with Crippen molar-refractivity contribution < 1.29 is 0 Å². The summed E-state index contributed by atoms with van der Waals surface area (Å²) >= 11 is 0. The van der Waals surface area contributed by atoms with E-state index in [4.69, 9.17) is 4.99 Å². The van der Waals surface area contributed by atoms with E-state index in [1.54, 1.807) is 10.8 Å². The fourth-order valence-corrected chi connectivity index (χ4v) is 4.71. The first-order valence-electron chi connectivity index (χ1n) is 6.82. The summed E-state index contributed by atoms with van der Waals surface area (Å²) in [6.45, 7) is 4.49. The predicted molar refractivity (Wildman–Crippen MR) is 86.2 cm³/mol. The van der Waals surface area contributed by atoms with Gasteiger partial charge in [0.15, 0.2) is 10.7 Å². The Bertz CT molecular complexity index is 315. The zero-order chi connectivity index (χ0) is 13.8. The van der Waals surface area contributed by atoms with Crippen molar-refractivity contribution in [2.45, 2.75) is 18.3 Å². The van der Waals surface area contributed by atoms with Crippen LogP contribution < -0.4 is 0 Å². The summed E-state index contributed by atoms with van der Waals surface area (Å²) in [6.07, 6.45) is 2.63. The molecule has 0 bridgehead atoms. The van der Waals surface area contributed by atoms with Gasteiger partial charge >= 0.3 is 0 Å². The van der Waals surface area contributed by atoms with Crippen molar-refractivity contribution in [3.05, 3.63) is 0 Å². The molecule has 0 amide bonds. The Morgan fingerprint density at radius 1 is 1.16 bits per heavy atom. The fraction of sp³-hybridized carbons (Fsp3) is 0.917. The lowest BCUT2D eigenvalue weighted by molar-refractivity contribution is -0.0155. The highest BCUT2D eigenvalue weighted by atomic mass is 33.1. The molecule has 1 unspecified atom stereocenters. The zero-order valence-electron chi connectivity index (χ0n) is 12.4. The van der Waals surface area contributed by atoms with Crippen LogP contribution in [-0.4, -0.2) is 84.9 Å². The molecule has 0 spiro atoms. The van der Waals surface area contributed by atoms with Crippen LogP contribution in [0.2, 0.25) is 0 Å². The highest BCUT2D eigenvalue weighted by Crippen LogP contribution is 2.39. The van der Waals surface area contributed by atoms with Gasteiger partial charge in [-0.15, -0.1) is 0 Å². The number of hydrogen-bond donors (Lipinski definition) is 0. The summed E-state index contributed by atoms with van der Waals surface area (Å²) in [4.78, 5) is 9.19. The molecule has 0 aliphatic carbocycles. The summed E-state index contributed by atoms with van der Waals surface area (Å²) in [7, 11) is 12.0. The van der Waals surface area contributed by atoms with Gasteiger partial charge in [-0.05, 0) is 48.5 Å². The third-order valence-electron chi connectivity index (χ3n) is 3.29. The van der Waals surface area contributed by atoms with Crippen LogP contribution in [0, 0.1) is 0 Å². The van der Waals surface area contributed by atoms with E-state index in [1.165, 1.54) is 25.9 Å². The van der Waals surface area contributed by atoms with Gasteiger partial charge in [-0.3, -0.25) is 0 Å². The van der Waals surface area contributed by atoms with Crippen molar-refractivity contribution >= 4 is 26.8 Å². The standard InChI is InChI=1S/C12H25N5S2/c1-14(2)9-10-17(16-7-5-6-8-16)12-13-11(15(3)4)18-19-12/h12H,5-10H2,1-4H3. The Balaban J connectivity index is 2.00. The van der Waals surface area contributed by atoms with Crippen LogP contribution in [0.1, 0.15) is 12.8 Å². The lowest BCUT2D eigenvalue weighted by Crippen LogP contribution is -2.47. The maximum absolute atomic E-state index is 4.84. The van der Waals surface area contributed by atoms with Crippen LogP contribution in [0.4, 0.5) is 0 Å².